The van der Waals surface area contributed by atoms with E-state index in [2.05, 4.69) is 6.92 Å². The van der Waals surface area contributed by atoms with Crippen LogP contribution in [0, 0.1) is 0 Å². The van der Waals surface area contributed by atoms with Crippen molar-refractivity contribution in [2.24, 2.45) is 0 Å². The van der Waals surface area contributed by atoms with Gasteiger partial charge in [0.05, 0.1) is 4.90 Å². The van der Waals surface area contributed by atoms with Crippen LogP contribution >= 0.6 is 0 Å². The van der Waals surface area contributed by atoms with Crippen molar-refractivity contribution >= 4 is 45.5 Å². The average molecular weight is 322 g/mol. The number of Topliss-reactive ketones (excluding diaryl/α,β-unsaturated/α-hetero) is 1. The fraction of sp³-hybridized carbons (Fsp3) is 0.533. The van der Waals surface area contributed by atoms with E-state index in [1.54, 1.807) is 0 Å². The molecule has 0 aromatic heterocycles. The molecule has 1 N–H and O–H groups in total. The molecule has 0 amide bonds. The standard InChI is InChI=1S/C15H22O4S.Na.H/c1-2-3-4-5-6-7-8-15(16)13-9-11-14(12-10-13)20(17,18)19;;/h9-12H,2-8H2,1H3,(H,17,18,19);;. The summed E-state index contributed by atoms with van der Waals surface area (Å²) < 4.78 is 30.6. The van der Waals surface area contributed by atoms with Crippen molar-refractivity contribution in [2.75, 3.05) is 0 Å². The van der Waals surface area contributed by atoms with Crippen LogP contribution in [0.4, 0.5) is 0 Å². The van der Waals surface area contributed by atoms with Gasteiger partial charge in [-0.1, -0.05) is 51.2 Å². The molecule has 0 radical (unpaired) electrons. The zero-order valence-electron chi connectivity index (χ0n) is 11.8. The third-order valence-corrected chi connectivity index (χ3v) is 4.10. The summed E-state index contributed by atoms with van der Waals surface area (Å²) in [5.74, 6) is 0.0161. The van der Waals surface area contributed by atoms with Crippen molar-refractivity contribution in [3.8, 4) is 0 Å². The van der Waals surface area contributed by atoms with Crippen LogP contribution < -0.4 is 0 Å². The Balaban J connectivity index is 0.00000400. The Labute approximate surface area is 149 Å². The van der Waals surface area contributed by atoms with Gasteiger partial charge in [-0.25, -0.2) is 0 Å². The topological polar surface area (TPSA) is 71.4 Å². The Kier molecular flexibility index (Phi) is 10.4. The molecule has 1 aromatic rings. The van der Waals surface area contributed by atoms with Crippen LogP contribution in [0.2, 0.25) is 0 Å². The Morgan fingerprint density at radius 2 is 1.52 bits per heavy atom. The van der Waals surface area contributed by atoms with Gasteiger partial charge in [0.25, 0.3) is 10.1 Å². The molecule has 0 aliphatic heterocycles. The molecule has 0 saturated heterocycles. The molecule has 0 saturated carbocycles. The van der Waals surface area contributed by atoms with E-state index >= 15 is 0 Å². The molecular weight excluding hydrogens is 299 g/mol. The van der Waals surface area contributed by atoms with E-state index in [1.807, 2.05) is 0 Å². The molecule has 0 aliphatic carbocycles. The van der Waals surface area contributed by atoms with Crippen LogP contribution in [0.15, 0.2) is 29.2 Å². The third kappa shape index (κ3) is 8.12. The molecule has 21 heavy (non-hydrogen) atoms. The minimum absolute atomic E-state index is 0. The second-order valence-electron chi connectivity index (χ2n) is 4.94. The van der Waals surface area contributed by atoms with E-state index in [4.69, 9.17) is 4.55 Å². The van der Waals surface area contributed by atoms with Crippen molar-refractivity contribution in [3.63, 3.8) is 0 Å². The number of ketones is 1. The summed E-state index contributed by atoms with van der Waals surface area (Å²) in [6.45, 7) is 2.17. The van der Waals surface area contributed by atoms with Gasteiger partial charge < -0.3 is 0 Å². The van der Waals surface area contributed by atoms with Crippen LogP contribution in [-0.4, -0.2) is 48.3 Å². The molecule has 0 atom stereocenters. The monoisotopic (exact) mass is 322 g/mol. The van der Waals surface area contributed by atoms with E-state index < -0.39 is 10.1 Å². The summed E-state index contributed by atoms with van der Waals surface area (Å²) in [6.07, 6.45) is 7.22. The number of hydrogen-bond donors (Lipinski definition) is 1. The maximum atomic E-state index is 11.9. The Morgan fingerprint density at radius 1 is 1.00 bits per heavy atom. The Bertz CT molecular complexity index is 523. The van der Waals surface area contributed by atoms with Gasteiger partial charge >= 0.3 is 29.6 Å². The first kappa shape index (κ1) is 20.8. The number of hydrogen-bond acceptors (Lipinski definition) is 3. The normalized spacial score (nSPS) is 11.0. The van der Waals surface area contributed by atoms with E-state index in [9.17, 15) is 13.2 Å². The van der Waals surface area contributed by atoms with Gasteiger partial charge in [0.1, 0.15) is 0 Å². The SMILES string of the molecule is CCCCCCCCC(=O)c1ccc(S(=O)(=O)O)cc1.[NaH]. The first-order valence-electron chi connectivity index (χ1n) is 7.06. The zero-order valence-corrected chi connectivity index (χ0v) is 12.7. The van der Waals surface area contributed by atoms with E-state index in [1.165, 1.54) is 43.5 Å². The molecular formula is C15H23NaO4S. The number of unbranched alkanes of at least 4 members (excludes halogenated alkanes) is 5. The number of carbonyl (C=O) groups is 1. The molecule has 4 nitrogen and oxygen atoms in total. The molecule has 0 fully saturated rings. The summed E-state index contributed by atoms with van der Waals surface area (Å²) >= 11 is 0. The fourth-order valence-electron chi connectivity index (χ4n) is 2.02. The third-order valence-electron chi connectivity index (χ3n) is 3.23. The molecule has 0 heterocycles. The molecule has 0 spiro atoms. The van der Waals surface area contributed by atoms with Gasteiger partial charge in [0, 0.05) is 12.0 Å². The minimum atomic E-state index is -4.19. The first-order valence-corrected chi connectivity index (χ1v) is 8.50. The van der Waals surface area contributed by atoms with E-state index in [-0.39, 0.29) is 40.2 Å². The van der Waals surface area contributed by atoms with Gasteiger partial charge in [-0.2, -0.15) is 8.42 Å². The quantitative estimate of drug-likeness (QED) is 0.328. The maximum absolute atomic E-state index is 11.9. The van der Waals surface area contributed by atoms with Gasteiger partial charge in [0.15, 0.2) is 5.78 Å². The van der Waals surface area contributed by atoms with Crippen molar-refractivity contribution in [1.82, 2.24) is 0 Å². The van der Waals surface area contributed by atoms with Crippen LogP contribution in [0.3, 0.4) is 0 Å². The van der Waals surface area contributed by atoms with Crippen molar-refractivity contribution < 1.29 is 17.8 Å². The second kappa shape index (κ2) is 10.5. The first-order chi connectivity index (χ1) is 9.45. The molecule has 6 heteroatoms. The van der Waals surface area contributed by atoms with Crippen LogP contribution in [-0.2, 0) is 10.1 Å². The summed E-state index contributed by atoms with van der Waals surface area (Å²) in [5.41, 5.74) is 0.492. The second-order valence-corrected chi connectivity index (χ2v) is 6.36. The summed E-state index contributed by atoms with van der Waals surface area (Å²) in [6, 6.07) is 5.40. The van der Waals surface area contributed by atoms with Gasteiger partial charge in [-0.3, -0.25) is 9.35 Å². The zero-order chi connectivity index (χ0) is 15.0. The molecule has 0 unspecified atom stereocenters. The summed E-state index contributed by atoms with van der Waals surface area (Å²) in [7, 11) is -4.19. The molecule has 1 rings (SSSR count). The molecule has 0 aliphatic rings. The number of benzene rings is 1. The van der Waals surface area contributed by atoms with Crippen LogP contribution in [0.1, 0.15) is 62.2 Å². The Hall–Kier alpha value is -0.200. The van der Waals surface area contributed by atoms with Crippen LogP contribution in [0.25, 0.3) is 0 Å². The molecule has 0 bridgehead atoms. The average Bonchev–Trinajstić information content (AvgIpc) is 2.41. The molecule has 114 valence electrons. The van der Waals surface area contributed by atoms with E-state index in [0.29, 0.717) is 12.0 Å². The summed E-state index contributed by atoms with van der Waals surface area (Å²) in [4.78, 5) is 11.7. The van der Waals surface area contributed by atoms with Crippen molar-refractivity contribution in [3.05, 3.63) is 29.8 Å². The number of carbonyl (C=O) groups excluding carboxylic acids is 1. The van der Waals surface area contributed by atoms with Crippen molar-refractivity contribution in [2.45, 2.75) is 56.8 Å². The summed E-state index contributed by atoms with van der Waals surface area (Å²) in [5, 5.41) is 0. The molecule has 1 aromatic carbocycles. The fourth-order valence-corrected chi connectivity index (χ4v) is 2.50. The predicted molar refractivity (Wildman–Crippen MR) is 85.7 cm³/mol. The van der Waals surface area contributed by atoms with Gasteiger partial charge in [-0.15, -0.1) is 0 Å². The predicted octanol–water partition coefficient (Wildman–Crippen LogP) is 3.22. The number of rotatable bonds is 9. The van der Waals surface area contributed by atoms with Crippen LogP contribution in [0.5, 0.6) is 0 Å². The Morgan fingerprint density at radius 3 is 2.05 bits per heavy atom. The van der Waals surface area contributed by atoms with E-state index in [0.717, 1.165) is 19.3 Å². The van der Waals surface area contributed by atoms with Gasteiger partial charge in [0.2, 0.25) is 0 Å². The van der Waals surface area contributed by atoms with Crippen molar-refractivity contribution in [1.29, 1.82) is 0 Å². The van der Waals surface area contributed by atoms with Gasteiger partial charge in [-0.05, 0) is 18.6 Å².